The molecule has 0 bridgehead atoms. The third kappa shape index (κ3) is 29.5. The highest BCUT2D eigenvalue weighted by Gasteiger charge is 2.44. The Labute approximate surface area is 762 Å². The van der Waals surface area contributed by atoms with Gasteiger partial charge in [-0.2, -0.15) is 0 Å². The maximum Gasteiger partial charge on any atom is 0.246 e. The molecule has 0 spiro atoms. The van der Waals surface area contributed by atoms with Crippen LogP contribution in [0.25, 0.3) is 21.8 Å². The summed E-state index contributed by atoms with van der Waals surface area (Å²) in [7, 11) is 5.23. The Balaban J connectivity index is 1.18. The smallest absolute Gasteiger partial charge is 0.246 e. The number of primary amides is 2. The molecule has 13 unspecified atom stereocenters. The van der Waals surface area contributed by atoms with Crippen LogP contribution in [0.3, 0.4) is 0 Å². The monoisotopic (exact) mass is 1840 g/mol. The molecule has 6 aromatic rings. The molecule has 13 atom stereocenters. The number of amides is 17. The molecule has 2 aliphatic heterocycles. The Morgan fingerprint density at radius 1 is 0.542 bits per heavy atom. The number of benzene rings is 3. The summed E-state index contributed by atoms with van der Waals surface area (Å²) in [5.41, 5.74) is 20.0. The van der Waals surface area contributed by atoms with E-state index in [1.165, 1.54) is 47.6 Å². The molecule has 17 amide bonds. The van der Waals surface area contributed by atoms with Gasteiger partial charge in [0.2, 0.25) is 100 Å². The Morgan fingerprint density at radius 3 is 1.69 bits per heavy atom. The summed E-state index contributed by atoms with van der Waals surface area (Å²) in [6.45, 7) is 5.59. The molecule has 43 heteroatoms. The number of hydrogen-bond donors (Lipinski definition) is 19. The molecule has 0 aliphatic carbocycles. The van der Waals surface area contributed by atoms with E-state index in [1.54, 1.807) is 105 Å². The molecule has 8 rings (SSSR count). The van der Waals surface area contributed by atoms with Gasteiger partial charge in [-0.15, -0.1) is 11.8 Å². The van der Waals surface area contributed by atoms with Crippen molar-refractivity contribution in [2.24, 2.45) is 23.1 Å². The topological polar surface area (TPSA) is 621 Å². The van der Waals surface area contributed by atoms with Crippen molar-refractivity contribution in [1.82, 2.24) is 103 Å². The standard InChI is InChI=1S/C88H124N24O18S/c1-10-12-30-67-81(124)101-59(29-21-33-94-88(91)92)77(120)106-66(76(119)97-43-71(90)115)46-131-47-73(117)100-62(35-51-23-15-14-16-24-51)83(126)109(7)50(5)75(118)103-64(39-70(89)114)85(128)112-34-22-32-68(112)82(125)102-61(38-54-42-93-48-98-54)79(122)107-74(49(3)4)87(130)108(6)44-72(116)99-60(36-52-40-95-57-27-19-17-25-55(52)57)78(121)105-65(45-113)80(123)104-63(37-53-41-96-58-28-20-18-26-56(53)58)84(127)111(9)69(31-13-11-2)86(129)110(67)8/h14-20,23-28,40-42,48-50,59-69,74,95-96,113H,10-13,21-22,29-39,43-47H2,1-9H3,(H2,89,114)(H2,90,115)(H,93,98)(H,97,119)(H,99,116)(H,100,117)(H,101,124)(H,102,125)(H,103,118)(H,104,123)(H,105,121)(H,106,120)(H,107,122)(H4,91,92,94). The first-order chi connectivity index (χ1) is 62.4. The van der Waals surface area contributed by atoms with E-state index in [9.17, 15) is 62.6 Å². The molecule has 2 aliphatic rings. The number of aromatic nitrogens is 4. The number of guanidine groups is 1. The van der Waals surface area contributed by atoms with Crippen molar-refractivity contribution < 1.29 is 86.6 Å². The highest BCUT2D eigenvalue weighted by Crippen LogP contribution is 2.26. The second-order valence-electron chi connectivity index (χ2n) is 33.2. The number of rotatable bonds is 25. The van der Waals surface area contributed by atoms with Crippen LogP contribution in [-0.2, 0) is 107 Å². The SMILES string of the molecule is CCCCC1C(=O)N(C)C(CCCC)C(=O)NC(CCCNC(=N)N)C(=O)NC(C(=O)NCC(N)=O)CSCC(=O)NC(Cc2ccccc2)C(=O)N(C)C(C)C(=O)NC(CC(N)=O)C(=O)N2CCCC2C(=O)NC(Cc2cnc[nH]2)C(=O)NC(C(C)C)C(=O)N(C)CC(=O)NC(Cc2c[nH]c3ccccc23)C(=O)NC(CO)C(=O)NC(Cc2c[nH]c3ccccc23)C(=O)N1C. The van der Waals surface area contributed by atoms with Crippen LogP contribution >= 0.6 is 11.8 Å². The number of H-pyrrole nitrogens is 3. The number of fused-ring (bicyclic) bond motifs is 3. The lowest BCUT2D eigenvalue weighted by Crippen LogP contribution is -2.61. The number of likely N-dealkylation sites (N-methyl/N-ethyl adjacent to an activating group) is 4. The zero-order chi connectivity index (χ0) is 95.9. The number of nitrogens with one attached hydrogen (secondary N) is 15. The molecule has 131 heavy (non-hydrogen) atoms. The average molecular weight is 1840 g/mol. The molecule has 0 radical (unpaired) electrons. The predicted molar refractivity (Wildman–Crippen MR) is 485 cm³/mol. The molecule has 42 nitrogen and oxygen atoms in total. The van der Waals surface area contributed by atoms with E-state index in [2.05, 4.69) is 78.4 Å². The van der Waals surface area contributed by atoms with Crippen molar-refractivity contribution in [2.45, 2.75) is 209 Å². The zero-order valence-corrected chi connectivity index (χ0v) is 76.0. The minimum atomic E-state index is -1.85. The zero-order valence-electron chi connectivity index (χ0n) is 75.2. The van der Waals surface area contributed by atoms with Gasteiger partial charge in [-0.25, -0.2) is 4.98 Å². The molecule has 3 aromatic carbocycles. The minimum absolute atomic E-state index is 0.00137. The van der Waals surface area contributed by atoms with Gasteiger partial charge in [0.25, 0.3) is 0 Å². The summed E-state index contributed by atoms with van der Waals surface area (Å²) in [5, 5.41) is 49.3. The first kappa shape index (κ1) is 103. The van der Waals surface area contributed by atoms with Gasteiger partial charge in [-0.3, -0.25) is 86.9 Å². The van der Waals surface area contributed by atoms with Crippen LogP contribution in [-0.4, -0.2) is 307 Å². The number of carbonyl (C=O) groups excluding carboxylic acids is 17. The van der Waals surface area contributed by atoms with Gasteiger partial charge >= 0.3 is 0 Å². The Hall–Kier alpha value is -13.5. The number of para-hydroxylation sites is 2. The summed E-state index contributed by atoms with van der Waals surface area (Å²) in [6, 6.07) is 2.86. The number of imidazole rings is 1. The Bertz CT molecular complexity index is 5030. The molecule has 2 fully saturated rings. The largest absolute Gasteiger partial charge is 0.394 e. The normalized spacial score (nSPS) is 23.6. The van der Waals surface area contributed by atoms with Crippen molar-refractivity contribution in [2.75, 3.05) is 72.5 Å². The van der Waals surface area contributed by atoms with Crippen molar-refractivity contribution in [1.29, 1.82) is 5.41 Å². The highest BCUT2D eigenvalue weighted by atomic mass is 32.2. The number of thioether (sulfide) groups is 1. The number of nitrogens with zero attached hydrogens (tertiary/aromatic N) is 6. The molecule has 5 heterocycles. The number of nitrogens with two attached hydrogens (primary N) is 3. The third-order valence-corrected chi connectivity index (χ3v) is 24.1. The molecular formula is C88H124N24O18S. The first-order valence-electron chi connectivity index (χ1n) is 43.7. The van der Waals surface area contributed by atoms with Gasteiger partial charge in [0.1, 0.15) is 78.5 Å². The van der Waals surface area contributed by atoms with E-state index in [-0.39, 0.29) is 77.3 Å². The molecule has 2 saturated heterocycles. The first-order valence-corrected chi connectivity index (χ1v) is 44.9. The lowest BCUT2D eigenvalue weighted by atomic mass is 10.00. The van der Waals surface area contributed by atoms with E-state index >= 15 is 24.0 Å². The van der Waals surface area contributed by atoms with Crippen LogP contribution in [0.5, 0.6) is 0 Å². The van der Waals surface area contributed by atoms with E-state index in [4.69, 9.17) is 22.6 Å². The van der Waals surface area contributed by atoms with Gasteiger partial charge in [-0.05, 0) is 80.2 Å². The van der Waals surface area contributed by atoms with Crippen LogP contribution in [0.1, 0.15) is 128 Å². The van der Waals surface area contributed by atoms with E-state index in [1.807, 2.05) is 13.8 Å². The van der Waals surface area contributed by atoms with E-state index in [0.717, 1.165) is 36.3 Å². The number of hydrogen-bond acceptors (Lipinski definition) is 21. The van der Waals surface area contributed by atoms with Gasteiger partial charge < -0.3 is 120 Å². The van der Waals surface area contributed by atoms with Crippen molar-refractivity contribution in [3.63, 3.8) is 0 Å². The predicted octanol–water partition coefficient (Wildman–Crippen LogP) is -2.53. The lowest BCUT2D eigenvalue weighted by molar-refractivity contribution is -0.149. The van der Waals surface area contributed by atoms with E-state index < -0.39 is 228 Å². The van der Waals surface area contributed by atoms with Gasteiger partial charge in [0.05, 0.1) is 38.2 Å². The molecule has 0 saturated carbocycles. The number of aliphatic hydroxyl groups excluding tert-OH is 1. The average Bonchev–Trinajstić information content (AvgIpc) is 1.73. The van der Waals surface area contributed by atoms with Crippen molar-refractivity contribution in [3.8, 4) is 0 Å². The summed E-state index contributed by atoms with van der Waals surface area (Å²) < 4.78 is 0. The summed E-state index contributed by atoms with van der Waals surface area (Å²) in [6.07, 6.45) is 6.01. The van der Waals surface area contributed by atoms with Crippen LogP contribution < -0.4 is 75.7 Å². The summed E-state index contributed by atoms with van der Waals surface area (Å²) in [4.78, 5) is 267. The van der Waals surface area contributed by atoms with Gasteiger partial charge in [0.15, 0.2) is 5.96 Å². The molecule has 710 valence electrons. The van der Waals surface area contributed by atoms with Crippen molar-refractivity contribution in [3.05, 3.63) is 126 Å². The maximum absolute atomic E-state index is 15.7. The van der Waals surface area contributed by atoms with Crippen LogP contribution in [0.15, 0.2) is 104 Å². The fraction of sp³-hybridized carbons (Fsp3) is 0.511. The summed E-state index contributed by atoms with van der Waals surface area (Å²) >= 11 is 0.794. The van der Waals surface area contributed by atoms with Crippen LogP contribution in [0.2, 0.25) is 0 Å². The van der Waals surface area contributed by atoms with Gasteiger partial charge in [-0.1, -0.05) is 120 Å². The maximum atomic E-state index is 15.7. The van der Waals surface area contributed by atoms with Crippen LogP contribution in [0, 0.1) is 11.3 Å². The Morgan fingerprint density at radius 2 is 1.08 bits per heavy atom. The fourth-order valence-electron chi connectivity index (χ4n) is 15.6. The molecule has 3 aromatic heterocycles. The number of aromatic amines is 3. The Kier molecular flexibility index (Phi) is 39.2. The second kappa shape index (κ2) is 49.9. The highest BCUT2D eigenvalue weighted by molar-refractivity contribution is 8.00. The number of aliphatic hydroxyl groups is 1. The van der Waals surface area contributed by atoms with Crippen molar-refractivity contribution >= 4 is 140 Å². The molecular weight excluding hydrogens is 1710 g/mol. The van der Waals surface area contributed by atoms with E-state index in [0.29, 0.717) is 69.9 Å². The van der Waals surface area contributed by atoms with Crippen LogP contribution in [0.4, 0.5) is 0 Å². The summed E-state index contributed by atoms with van der Waals surface area (Å²) in [5.74, 6) is -17.6. The molecule has 22 N–H and O–H groups in total. The fourth-order valence-corrected chi connectivity index (χ4v) is 16.4. The number of carbonyl (C=O) groups is 17. The lowest BCUT2D eigenvalue weighted by Gasteiger charge is -2.36. The van der Waals surface area contributed by atoms with Gasteiger partial charge in [0, 0.05) is 119 Å². The third-order valence-electron chi connectivity index (χ3n) is 23.0. The quantitative estimate of drug-likeness (QED) is 0.0160. The minimum Gasteiger partial charge on any atom is -0.394 e. The number of unbranched alkanes of at least 4 members (excludes halogenated alkanes) is 2. The second-order valence-corrected chi connectivity index (χ2v) is 34.2.